The van der Waals surface area contributed by atoms with Crippen LogP contribution in [0, 0.1) is 17.7 Å². The van der Waals surface area contributed by atoms with Crippen LogP contribution in [0.2, 0.25) is 5.02 Å². The smallest absolute Gasteiger partial charge is 0.258 e. The first-order valence-electron chi connectivity index (χ1n) is 7.34. The average Bonchev–Trinajstić information content (AvgIpc) is 2.45. The summed E-state index contributed by atoms with van der Waals surface area (Å²) in [6.45, 7) is 4.31. The fourth-order valence-corrected chi connectivity index (χ4v) is 2.92. The van der Waals surface area contributed by atoms with Gasteiger partial charge in [-0.1, -0.05) is 38.3 Å². The lowest BCUT2D eigenvalue weighted by Gasteiger charge is -2.34. The lowest BCUT2D eigenvalue weighted by Crippen LogP contribution is -2.45. The Kier molecular flexibility index (Phi) is 5.45. The Hall–Kier alpha value is -1.29. The Morgan fingerprint density at radius 3 is 2.90 bits per heavy atom. The van der Waals surface area contributed by atoms with E-state index in [4.69, 9.17) is 16.3 Å². The van der Waals surface area contributed by atoms with Gasteiger partial charge in [-0.3, -0.25) is 4.79 Å². The van der Waals surface area contributed by atoms with E-state index in [0.29, 0.717) is 17.6 Å². The van der Waals surface area contributed by atoms with Gasteiger partial charge in [-0.25, -0.2) is 4.39 Å². The fourth-order valence-electron chi connectivity index (χ4n) is 2.75. The molecule has 0 unspecified atom stereocenters. The molecule has 0 saturated heterocycles. The van der Waals surface area contributed by atoms with Gasteiger partial charge in [0.05, 0.1) is 5.02 Å². The molecule has 1 aromatic carbocycles. The third-order valence-corrected chi connectivity index (χ3v) is 4.60. The molecule has 5 heteroatoms. The summed E-state index contributed by atoms with van der Waals surface area (Å²) in [5.74, 6) is 0.838. The summed E-state index contributed by atoms with van der Waals surface area (Å²) in [5, 5.41) is 3.01. The normalized spacial score (nSPS) is 25.4. The summed E-state index contributed by atoms with van der Waals surface area (Å²) in [6.07, 6.45) is 3.38. The lowest BCUT2D eigenvalue weighted by molar-refractivity contribution is -0.124. The Labute approximate surface area is 129 Å². The second-order valence-electron chi connectivity index (χ2n) is 5.81. The van der Waals surface area contributed by atoms with Crippen LogP contribution in [-0.2, 0) is 4.79 Å². The molecule has 0 heterocycles. The van der Waals surface area contributed by atoms with Crippen LogP contribution in [-0.4, -0.2) is 18.6 Å². The Morgan fingerprint density at radius 2 is 2.19 bits per heavy atom. The molecule has 3 nitrogen and oxygen atoms in total. The summed E-state index contributed by atoms with van der Waals surface area (Å²) in [5.41, 5.74) is 0. The molecule has 2 rings (SSSR count). The molecule has 1 saturated carbocycles. The van der Waals surface area contributed by atoms with Crippen molar-refractivity contribution in [1.29, 1.82) is 0 Å². The Morgan fingerprint density at radius 1 is 1.43 bits per heavy atom. The van der Waals surface area contributed by atoms with Gasteiger partial charge in [0.15, 0.2) is 6.61 Å². The molecule has 1 aliphatic carbocycles. The standard InChI is InChI=1S/C16H21ClFNO2/c1-10-4-3-5-15(11(10)2)19-16(20)9-21-12-6-7-14(18)13(17)8-12/h6-8,10-11,15H,3-5,9H2,1-2H3,(H,19,20)/t10-,11+,15-/m0/s1. The summed E-state index contributed by atoms with van der Waals surface area (Å²) in [7, 11) is 0. The van der Waals surface area contributed by atoms with Crippen molar-refractivity contribution in [3.63, 3.8) is 0 Å². The van der Waals surface area contributed by atoms with Gasteiger partial charge in [0.25, 0.3) is 5.91 Å². The van der Waals surface area contributed by atoms with E-state index in [-0.39, 0.29) is 23.6 Å². The molecule has 1 N–H and O–H groups in total. The van der Waals surface area contributed by atoms with E-state index in [0.717, 1.165) is 12.8 Å². The van der Waals surface area contributed by atoms with Crippen LogP contribution in [0.5, 0.6) is 5.75 Å². The quantitative estimate of drug-likeness (QED) is 0.918. The van der Waals surface area contributed by atoms with Crippen molar-refractivity contribution in [2.45, 2.75) is 39.2 Å². The highest BCUT2D eigenvalue weighted by molar-refractivity contribution is 6.30. The van der Waals surface area contributed by atoms with Gasteiger partial charge in [-0.15, -0.1) is 0 Å². The first kappa shape index (κ1) is 16.1. The Bertz CT molecular complexity index is 509. The summed E-state index contributed by atoms with van der Waals surface area (Å²) in [4.78, 5) is 11.9. The van der Waals surface area contributed by atoms with Gasteiger partial charge in [-0.05, 0) is 30.4 Å². The zero-order chi connectivity index (χ0) is 15.4. The maximum atomic E-state index is 13.0. The molecule has 1 aliphatic rings. The summed E-state index contributed by atoms with van der Waals surface area (Å²) >= 11 is 5.66. The Balaban J connectivity index is 1.83. The van der Waals surface area contributed by atoms with Crippen molar-refractivity contribution >= 4 is 17.5 Å². The molecule has 1 amide bonds. The minimum atomic E-state index is -0.501. The molecular formula is C16H21ClFNO2. The van der Waals surface area contributed by atoms with Crippen molar-refractivity contribution in [1.82, 2.24) is 5.32 Å². The van der Waals surface area contributed by atoms with E-state index < -0.39 is 5.82 Å². The third kappa shape index (κ3) is 4.34. The molecule has 0 spiro atoms. The number of carbonyl (C=O) groups excluding carboxylic acids is 1. The number of rotatable bonds is 4. The number of hydrogen-bond donors (Lipinski definition) is 1. The highest BCUT2D eigenvalue weighted by atomic mass is 35.5. The van der Waals surface area contributed by atoms with E-state index in [1.807, 2.05) is 0 Å². The van der Waals surface area contributed by atoms with Gasteiger partial charge >= 0.3 is 0 Å². The van der Waals surface area contributed by atoms with Crippen molar-refractivity contribution in [2.24, 2.45) is 11.8 Å². The second kappa shape index (κ2) is 7.12. The average molecular weight is 314 g/mol. The minimum absolute atomic E-state index is 0.0114. The number of amides is 1. The SMILES string of the molecule is C[C@H]1[C@@H](NC(=O)COc2ccc(F)c(Cl)c2)CCC[C@@H]1C. The molecule has 1 aromatic rings. The topological polar surface area (TPSA) is 38.3 Å². The van der Waals surface area contributed by atoms with Gasteiger partial charge < -0.3 is 10.1 Å². The van der Waals surface area contributed by atoms with Gasteiger partial charge in [-0.2, -0.15) is 0 Å². The number of hydrogen-bond acceptors (Lipinski definition) is 2. The minimum Gasteiger partial charge on any atom is -0.484 e. The molecule has 0 bridgehead atoms. The van der Waals surface area contributed by atoms with Gasteiger partial charge in [0.2, 0.25) is 0 Å². The zero-order valence-electron chi connectivity index (χ0n) is 12.4. The van der Waals surface area contributed by atoms with Crippen molar-refractivity contribution in [2.75, 3.05) is 6.61 Å². The maximum Gasteiger partial charge on any atom is 0.258 e. The monoisotopic (exact) mass is 313 g/mol. The molecule has 0 radical (unpaired) electrons. The molecule has 0 aliphatic heterocycles. The molecule has 1 fully saturated rings. The van der Waals surface area contributed by atoms with E-state index in [9.17, 15) is 9.18 Å². The van der Waals surface area contributed by atoms with E-state index in [2.05, 4.69) is 19.2 Å². The molecule has 0 aromatic heterocycles. The van der Waals surface area contributed by atoms with Crippen LogP contribution in [0.25, 0.3) is 0 Å². The number of halogens is 2. The number of carbonyl (C=O) groups is 1. The molecule has 116 valence electrons. The highest BCUT2D eigenvalue weighted by Crippen LogP contribution is 2.29. The summed E-state index contributed by atoms with van der Waals surface area (Å²) < 4.78 is 18.4. The number of nitrogens with one attached hydrogen (secondary N) is 1. The predicted molar refractivity (Wildman–Crippen MR) is 81.0 cm³/mol. The maximum absolute atomic E-state index is 13.0. The number of ether oxygens (including phenoxy) is 1. The van der Waals surface area contributed by atoms with Crippen molar-refractivity contribution < 1.29 is 13.9 Å². The van der Waals surface area contributed by atoms with E-state index >= 15 is 0 Å². The highest BCUT2D eigenvalue weighted by Gasteiger charge is 2.28. The molecule has 3 atom stereocenters. The van der Waals surface area contributed by atoms with Crippen LogP contribution in [0.4, 0.5) is 4.39 Å². The first-order valence-corrected chi connectivity index (χ1v) is 7.72. The first-order chi connectivity index (χ1) is 9.97. The van der Waals surface area contributed by atoms with Crippen LogP contribution < -0.4 is 10.1 Å². The predicted octanol–water partition coefficient (Wildman–Crippen LogP) is 3.80. The molecule has 21 heavy (non-hydrogen) atoms. The van der Waals surface area contributed by atoms with Crippen LogP contribution in [0.1, 0.15) is 33.1 Å². The van der Waals surface area contributed by atoms with E-state index in [1.165, 1.54) is 24.6 Å². The fraction of sp³-hybridized carbons (Fsp3) is 0.562. The largest absolute Gasteiger partial charge is 0.484 e. The number of benzene rings is 1. The second-order valence-corrected chi connectivity index (χ2v) is 6.21. The van der Waals surface area contributed by atoms with Crippen LogP contribution in [0.3, 0.4) is 0 Å². The van der Waals surface area contributed by atoms with Crippen molar-refractivity contribution in [3.05, 3.63) is 29.0 Å². The van der Waals surface area contributed by atoms with Crippen LogP contribution >= 0.6 is 11.6 Å². The van der Waals surface area contributed by atoms with Crippen LogP contribution in [0.15, 0.2) is 18.2 Å². The lowest BCUT2D eigenvalue weighted by atomic mass is 9.78. The third-order valence-electron chi connectivity index (χ3n) is 4.31. The van der Waals surface area contributed by atoms with Gasteiger partial charge in [0, 0.05) is 12.1 Å². The van der Waals surface area contributed by atoms with E-state index in [1.54, 1.807) is 0 Å². The zero-order valence-corrected chi connectivity index (χ0v) is 13.1. The molecular weight excluding hydrogens is 293 g/mol. The van der Waals surface area contributed by atoms with Crippen molar-refractivity contribution in [3.8, 4) is 5.75 Å². The van der Waals surface area contributed by atoms with Gasteiger partial charge in [0.1, 0.15) is 11.6 Å². The summed E-state index contributed by atoms with van der Waals surface area (Å²) in [6, 6.07) is 4.26.